The SMILES string of the molecule is CCCC(C)NC1CCN(c2nc3ccc(C)cc3cc2C(N)=O)CC1. The summed E-state index contributed by atoms with van der Waals surface area (Å²) < 4.78 is 0. The van der Waals surface area contributed by atoms with Gasteiger partial charge < -0.3 is 16.0 Å². The molecule has 1 fully saturated rings. The Morgan fingerprint density at radius 2 is 2.08 bits per heavy atom. The molecule has 2 aromatic rings. The molecular weight excluding hydrogens is 324 g/mol. The van der Waals surface area contributed by atoms with Crippen molar-refractivity contribution in [3.05, 3.63) is 35.4 Å². The number of fused-ring (bicyclic) bond motifs is 1. The number of nitrogens with zero attached hydrogens (tertiary/aromatic N) is 2. The van der Waals surface area contributed by atoms with Crippen LogP contribution in [-0.4, -0.2) is 36.1 Å². The van der Waals surface area contributed by atoms with E-state index < -0.39 is 5.91 Å². The number of piperidine rings is 1. The number of hydrogen-bond acceptors (Lipinski definition) is 4. The Morgan fingerprint density at radius 3 is 2.73 bits per heavy atom. The summed E-state index contributed by atoms with van der Waals surface area (Å²) in [4.78, 5) is 19.0. The summed E-state index contributed by atoms with van der Waals surface area (Å²) in [6, 6.07) is 9.09. The molecule has 0 saturated carbocycles. The summed E-state index contributed by atoms with van der Waals surface area (Å²) in [5, 5.41) is 4.69. The van der Waals surface area contributed by atoms with Gasteiger partial charge in [0.05, 0.1) is 11.1 Å². The van der Waals surface area contributed by atoms with Gasteiger partial charge in [-0.1, -0.05) is 25.0 Å². The van der Waals surface area contributed by atoms with Crippen LogP contribution >= 0.6 is 0 Å². The summed E-state index contributed by atoms with van der Waals surface area (Å²) in [6.07, 6.45) is 4.52. The van der Waals surface area contributed by atoms with Gasteiger partial charge in [-0.15, -0.1) is 0 Å². The molecule has 1 amide bonds. The molecule has 1 atom stereocenters. The maximum Gasteiger partial charge on any atom is 0.252 e. The topological polar surface area (TPSA) is 71.2 Å². The van der Waals surface area contributed by atoms with Gasteiger partial charge in [-0.25, -0.2) is 4.98 Å². The fourth-order valence-corrected chi connectivity index (χ4v) is 3.88. The second kappa shape index (κ2) is 8.04. The van der Waals surface area contributed by atoms with Gasteiger partial charge in [-0.05, 0) is 51.3 Å². The highest BCUT2D eigenvalue weighted by Gasteiger charge is 2.24. The van der Waals surface area contributed by atoms with Crippen LogP contribution in [0, 0.1) is 6.92 Å². The molecule has 3 N–H and O–H groups in total. The first-order valence-corrected chi connectivity index (χ1v) is 9.70. The zero-order valence-electron chi connectivity index (χ0n) is 16.1. The monoisotopic (exact) mass is 354 g/mol. The fourth-order valence-electron chi connectivity index (χ4n) is 3.88. The van der Waals surface area contributed by atoms with Gasteiger partial charge in [-0.3, -0.25) is 4.79 Å². The first-order chi connectivity index (χ1) is 12.5. The van der Waals surface area contributed by atoms with Crippen molar-refractivity contribution in [2.24, 2.45) is 5.73 Å². The molecule has 3 rings (SSSR count). The number of benzene rings is 1. The van der Waals surface area contributed by atoms with Gasteiger partial charge in [0.25, 0.3) is 5.91 Å². The standard InChI is InChI=1S/C21H30N4O/c1-4-5-15(3)23-17-8-10-25(11-9-17)21-18(20(22)26)13-16-12-14(2)6-7-19(16)24-21/h6-7,12-13,15,17,23H,4-5,8-11H2,1-3H3,(H2,22,26). The Bertz CT molecular complexity index is 781. The lowest BCUT2D eigenvalue weighted by atomic mass is 10.0. The zero-order chi connectivity index (χ0) is 18.7. The van der Waals surface area contributed by atoms with E-state index in [1.165, 1.54) is 12.8 Å². The van der Waals surface area contributed by atoms with Crippen molar-refractivity contribution in [2.75, 3.05) is 18.0 Å². The third kappa shape index (κ3) is 4.15. The number of nitrogens with two attached hydrogens (primary N) is 1. The van der Waals surface area contributed by atoms with Crippen LogP contribution in [0.15, 0.2) is 24.3 Å². The van der Waals surface area contributed by atoms with Gasteiger partial charge in [0.15, 0.2) is 0 Å². The zero-order valence-corrected chi connectivity index (χ0v) is 16.1. The van der Waals surface area contributed by atoms with Crippen LogP contribution in [0.1, 0.15) is 55.5 Å². The number of amides is 1. The van der Waals surface area contributed by atoms with Crippen molar-refractivity contribution in [3.63, 3.8) is 0 Å². The largest absolute Gasteiger partial charge is 0.365 e. The number of carbonyl (C=O) groups excluding carboxylic acids is 1. The van der Waals surface area contributed by atoms with Crippen molar-refractivity contribution in [2.45, 2.75) is 58.5 Å². The summed E-state index contributed by atoms with van der Waals surface area (Å²) in [6.45, 7) is 8.30. The van der Waals surface area contributed by atoms with Crippen LogP contribution in [0.25, 0.3) is 10.9 Å². The Hall–Kier alpha value is -2.14. The van der Waals surface area contributed by atoms with E-state index in [-0.39, 0.29) is 0 Å². The van der Waals surface area contributed by atoms with Crippen LogP contribution in [0.5, 0.6) is 0 Å². The van der Waals surface area contributed by atoms with E-state index >= 15 is 0 Å². The van der Waals surface area contributed by atoms with E-state index in [0.29, 0.717) is 17.6 Å². The summed E-state index contributed by atoms with van der Waals surface area (Å²) in [7, 11) is 0. The highest BCUT2D eigenvalue weighted by molar-refractivity contribution is 6.01. The summed E-state index contributed by atoms with van der Waals surface area (Å²) >= 11 is 0. The van der Waals surface area contributed by atoms with E-state index in [0.717, 1.165) is 48.2 Å². The lowest BCUT2D eigenvalue weighted by molar-refractivity contribution is 0.100. The lowest BCUT2D eigenvalue weighted by Gasteiger charge is -2.35. The van der Waals surface area contributed by atoms with Crippen molar-refractivity contribution >= 4 is 22.6 Å². The van der Waals surface area contributed by atoms with Crippen molar-refractivity contribution < 1.29 is 4.79 Å². The van der Waals surface area contributed by atoms with Crippen LogP contribution in [-0.2, 0) is 0 Å². The molecule has 2 heterocycles. The molecule has 1 aromatic carbocycles. The third-order valence-electron chi connectivity index (χ3n) is 5.25. The minimum Gasteiger partial charge on any atom is -0.365 e. The minimum atomic E-state index is -0.410. The molecule has 1 aliphatic rings. The average molecular weight is 354 g/mol. The van der Waals surface area contributed by atoms with E-state index in [9.17, 15) is 4.79 Å². The van der Waals surface area contributed by atoms with E-state index in [4.69, 9.17) is 10.7 Å². The molecule has 0 radical (unpaired) electrons. The van der Waals surface area contributed by atoms with E-state index in [2.05, 4.69) is 24.1 Å². The van der Waals surface area contributed by atoms with Gasteiger partial charge in [0, 0.05) is 30.6 Å². The predicted octanol–water partition coefficient (Wildman–Crippen LogP) is 3.39. The highest BCUT2D eigenvalue weighted by Crippen LogP contribution is 2.27. The van der Waals surface area contributed by atoms with Gasteiger partial charge >= 0.3 is 0 Å². The second-order valence-corrected chi connectivity index (χ2v) is 7.54. The summed E-state index contributed by atoms with van der Waals surface area (Å²) in [5.41, 5.74) is 8.24. The van der Waals surface area contributed by atoms with Crippen molar-refractivity contribution in [1.82, 2.24) is 10.3 Å². The maximum absolute atomic E-state index is 12.0. The smallest absolute Gasteiger partial charge is 0.252 e. The molecular formula is C21H30N4O. The van der Waals surface area contributed by atoms with Gasteiger partial charge in [-0.2, -0.15) is 0 Å². The molecule has 1 aromatic heterocycles. The minimum absolute atomic E-state index is 0.410. The normalized spacial score (nSPS) is 16.8. The quantitative estimate of drug-likeness (QED) is 0.834. The molecule has 1 aliphatic heterocycles. The number of anilines is 1. The van der Waals surface area contributed by atoms with E-state index in [1.54, 1.807) is 0 Å². The Kier molecular flexibility index (Phi) is 5.77. The molecule has 26 heavy (non-hydrogen) atoms. The predicted molar refractivity (Wildman–Crippen MR) is 108 cm³/mol. The van der Waals surface area contributed by atoms with Crippen LogP contribution in [0.4, 0.5) is 5.82 Å². The molecule has 0 spiro atoms. The van der Waals surface area contributed by atoms with Crippen LogP contribution < -0.4 is 16.0 Å². The molecule has 1 saturated heterocycles. The average Bonchev–Trinajstić information content (AvgIpc) is 2.61. The number of rotatable bonds is 6. The molecule has 0 bridgehead atoms. The molecule has 140 valence electrons. The lowest BCUT2D eigenvalue weighted by Crippen LogP contribution is -2.46. The number of nitrogens with one attached hydrogen (secondary N) is 1. The third-order valence-corrected chi connectivity index (χ3v) is 5.25. The van der Waals surface area contributed by atoms with Crippen molar-refractivity contribution in [3.8, 4) is 0 Å². The number of pyridine rings is 1. The number of hydrogen-bond donors (Lipinski definition) is 2. The van der Waals surface area contributed by atoms with E-state index in [1.807, 2.05) is 31.2 Å². The molecule has 0 aliphatic carbocycles. The Morgan fingerprint density at radius 1 is 1.35 bits per heavy atom. The number of primary amides is 1. The molecule has 5 nitrogen and oxygen atoms in total. The fraction of sp³-hybridized carbons (Fsp3) is 0.524. The molecule has 1 unspecified atom stereocenters. The number of aryl methyl sites for hydroxylation is 1. The van der Waals surface area contributed by atoms with Gasteiger partial charge in [0.2, 0.25) is 0 Å². The van der Waals surface area contributed by atoms with Crippen molar-refractivity contribution in [1.29, 1.82) is 0 Å². The Labute approximate surface area is 156 Å². The Balaban J connectivity index is 1.79. The van der Waals surface area contributed by atoms with Crippen LogP contribution in [0.3, 0.4) is 0 Å². The number of carbonyl (C=O) groups is 1. The first kappa shape index (κ1) is 18.6. The highest BCUT2D eigenvalue weighted by atomic mass is 16.1. The maximum atomic E-state index is 12.0. The summed E-state index contributed by atoms with van der Waals surface area (Å²) in [5.74, 6) is 0.321. The van der Waals surface area contributed by atoms with Gasteiger partial charge in [0.1, 0.15) is 5.82 Å². The number of aromatic nitrogens is 1. The second-order valence-electron chi connectivity index (χ2n) is 7.54. The van der Waals surface area contributed by atoms with Crippen LogP contribution in [0.2, 0.25) is 0 Å². The molecule has 5 heteroatoms. The first-order valence-electron chi connectivity index (χ1n) is 9.70.